The zero-order valence-corrected chi connectivity index (χ0v) is 12.4. The van der Waals surface area contributed by atoms with Gasteiger partial charge in [0.1, 0.15) is 11.5 Å². The molecular formula is C16H12INO. The van der Waals surface area contributed by atoms with Gasteiger partial charge in [0.05, 0.1) is 0 Å². The van der Waals surface area contributed by atoms with Crippen LogP contribution in [-0.4, -0.2) is 4.98 Å². The molecule has 1 N–H and O–H groups in total. The highest BCUT2D eigenvalue weighted by Crippen LogP contribution is 2.45. The van der Waals surface area contributed by atoms with E-state index in [0.29, 0.717) is 0 Å². The quantitative estimate of drug-likeness (QED) is 0.435. The highest BCUT2D eigenvalue weighted by Gasteiger charge is 2.20. The summed E-state index contributed by atoms with van der Waals surface area (Å²) in [6, 6.07) is 16.3. The molecule has 1 aromatic heterocycles. The molecule has 1 aliphatic rings. The minimum Gasteiger partial charge on any atom is -0.456 e. The number of aromatic nitrogens is 1. The van der Waals surface area contributed by atoms with E-state index in [-0.39, 0.29) is 24.0 Å². The van der Waals surface area contributed by atoms with Crippen molar-refractivity contribution >= 4 is 24.0 Å². The van der Waals surface area contributed by atoms with Gasteiger partial charge in [0.2, 0.25) is 0 Å². The minimum absolute atomic E-state index is 0. The van der Waals surface area contributed by atoms with Crippen LogP contribution in [0.4, 0.5) is 0 Å². The van der Waals surface area contributed by atoms with Gasteiger partial charge in [-0.1, -0.05) is 36.4 Å². The van der Waals surface area contributed by atoms with Gasteiger partial charge in [0.15, 0.2) is 0 Å². The third-order valence-electron chi connectivity index (χ3n) is 3.32. The van der Waals surface area contributed by atoms with E-state index in [9.17, 15) is 0 Å². The van der Waals surface area contributed by atoms with Gasteiger partial charge in [0.25, 0.3) is 0 Å². The molecule has 0 saturated carbocycles. The van der Waals surface area contributed by atoms with E-state index >= 15 is 0 Å². The predicted molar refractivity (Wildman–Crippen MR) is 87.2 cm³/mol. The maximum absolute atomic E-state index is 6.03. The Morgan fingerprint density at radius 2 is 1.11 bits per heavy atom. The number of halogens is 1. The maximum Gasteiger partial charge on any atom is 0.135 e. The fourth-order valence-corrected chi connectivity index (χ4v) is 2.48. The van der Waals surface area contributed by atoms with E-state index in [2.05, 4.69) is 17.1 Å². The van der Waals surface area contributed by atoms with Crippen LogP contribution in [0.15, 0.2) is 60.9 Å². The van der Waals surface area contributed by atoms with E-state index in [1.54, 1.807) is 0 Å². The first-order valence-electron chi connectivity index (χ1n) is 5.97. The Hall–Kier alpha value is -1.75. The fraction of sp³-hybridized carbons (Fsp3) is 0. The summed E-state index contributed by atoms with van der Waals surface area (Å²) in [4.78, 5) is 3.19. The molecule has 0 aliphatic carbocycles. The summed E-state index contributed by atoms with van der Waals surface area (Å²) in [5.41, 5.74) is 4.64. The number of benzene rings is 2. The molecule has 2 aromatic carbocycles. The Kier molecular flexibility index (Phi) is 3.06. The van der Waals surface area contributed by atoms with Crippen LogP contribution in [0.5, 0.6) is 11.5 Å². The number of fused-ring (bicyclic) bond motifs is 5. The third-order valence-corrected chi connectivity index (χ3v) is 3.32. The van der Waals surface area contributed by atoms with Crippen LogP contribution >= 0.6 is 24.0 Å². The third kappa shape index (κ3) is 1.85. The number of hydrogen-bond donors (Lipinski definition) is 1. The summed E-state index contributed by atoms with van der Waals surface area (Å²) < 4.78 is 6.03. The fourth-order valence-electron chi connectivity index (χ4n) is 2.48. The lowest BCUT2D eigenvalue weighted by Gasteiger charge is -2.08. The molecule has 0 spiro atoms. The normalized spacial score (nSPS) is 11.2. The van der Waals surface area contributed by atoms with Crippen LogP contribution in [0.3, 0.4) is 0 Å². The SMILES string of the molecule is I.c1ccc2c(c1)Oc1ccccc1-c1c[nH]cc1-2. The Morgan fingerprint density at radius 1 is 0.632 bits per heavy atom. The molecule has 0 bridgehead atoms. The molecule has 0 amide bonds. The number of ether oxygens (including phenoxy) is 1. The Labute approximate surface area is 128 Å². The molecule has 3 aromatic rings. The van der Waals surface area contributed by atoms with E-state index in [0.717, 1.165) is 22.6 Å². The molecule has 19 heavy (non-hydrogen) atoms. The largest absolute Gasteiger partial charge is 0.456 e. The Bertz CT molecular complexity index is 673. The van der Waals surface area contributed by atoms with Gasteiger partial charge in [-0.15, -0.1) is 24.0 Å². The van der Waals surface area contributed by atoms with Crippen LogP contribution in [0, 0.1) is 0 Å². The molecule has 0 unspecified atom stereocenters. The lowest BCUT2D eigenvalue weighted by atomic mass is 9.99. The summed E-state index contributed by atoms with van der Waals surface area (Å²) in [5.74, 6) is 1.81. The summed E-state index contributed by atoms with van der Waals surface area (Å²) >= 11 is 0. The van der Waals surface area contributed by atoms with Gasteiger partial charge in [-0.3, -0.25) is 0 Å². The van der Waals surface area contributed by atoms with Crippen molar-refractivity contribution in [2.75, 3.05) is 0 Å². The predicted octanol–water partition coefficient (Wildman–Crippen LogP) is 5.07. The Morgan fingerprint density at radius 3 is 1.63 bits per heavy atom. The molecule has 0 radical (unpaired) electrons. The summed E-state index contributed by atoms with van der Waals surface area (Å²) in [6.45, 7) is 0. The molecule has 0 atom stereocenters. The van der Waals surface area contributed by atoms with Crippen molar-refractivity contribution in [3.8, 4) is 33.8 Å². The van der Waals surface area contributed by atoms with Crippen molar-refractivity contribution in [2.24, 2.45) is 0 Å². The van der Waals surface area contributed by atoms with E-state index in [4.69, 9.17) is 4.74 Å². The molecular weight excluding hydrogens is 349 g/mol. The topological polar surface area (TPSA) is 25.0 Å². The first-order chi connectivity index (χ1) is 8.93. The van der Waals surface area contributed by atoms with Crippen LogP contribution in [-0.2, 0) is 0 Å². The van der Waals surface area contributed by atoms with Crippen molar-refractivity contribution in [3.63, 3.8) is 0 Å². The average molecular weight is 361 g/mol. The minimum atomic E-state index is 0. The average Bonchev–Trinajstić information content (AvgIpc) is 2.84. The van der Waals surface area contributed by atoms with Crippen LogP contribution in [0.1, 0.15) is 0 Å². The number of H-pyrrole nitrogens is 1. The van der Waals surface area contributed by atoms with Crippen LogP contribution < -0.4 is 4.74 Å². The number of para-hydroxylation sites is 2. The maximum atomic E-state index is 6.03. The van der Waals surface area contributed by atoms with E-state index in [1.165, 1.54) is 11.1 Å². The van der Waals surface area contributed by atoms with Gasteiger partial charge in [0, 0.05) is 34.6 Å². The van der Waals surface area contributed by atoms with Gasteiger partial charge < -0.3 is 9.72 Å². The first kappa shape index (κ1) is 12.3. The van der Waals surface area contributed by atoms with Crippen LogP contribution in [0.2, 0.25) is 0 Å². The molecule has 0 saturated heterocycles. The van der Waals surface area contributed by atoms with Crippen molar-refractivity contribution in [2.45, 2.75) is 0 Å². The van der Waals surface area contributed by atoms with Gasteiger partial charge in [-0.2, -0.15) is 0 Å². The standard InChI is InChI=1S/C16H11NO.HI/c1-3-7-15-11(5-1)13-9-17-10-14(13)12-6-2-4-8-16(12)18-15;/h1-10,17H;1H. The first-order valence-corrected chi connectivity index (χ1v) is 5.97. The number of nitrogens with one attached hydrogen (secondary N) is 1. The number of rotatable bonds is 0. The second-order valence-electron chi connectivity index (χ2n) is 4.38. The summed E-state index contributed by atoms with van der Waals surface area (Å²) in [6.07, 6.45) is 4.05. The highest BCUT2D eigenvalue weighted by atomic mass is 127. The van der Waals surface area contributed by atoms with Gasteiger partial charge in [-0.25, -0.2) is 0 Å². The Balaban J connectivity index is 0.00000110. The molecule has 94 valence electrons. The molecule has 2 heterocycles. The lowest BCUT2D eigenvalue weighted by Crippen LogP contribution is -1.85. The zero-order chi connectivity index (χ0) is 11.9. The van der Waals surface area contributed by atoms with Crippen molar-refractivity contribution in [1.29, 1.82) is 0 Å². The van der Waals surface area contributed by atoms with Crippen molar-refractivity contribution in [1.82, 2.24) is 4.98 Å². The second kappa shape index (κ2) is 4.74. The number of hydrogen-bond acceptors (Lipinski definition) is 1. The molecule has 1 aliphatic heterocycles. The highest BCUT2D eigenvalue weighted by molar-refractivity contribution is 14.0. The molecule has 2 nitrogen and oxygen atoms in total. The lowest BCUT2D eigenvalue weighted by molar-refractivity contribution is 0.487. The van der Waals surface area contributed by atoms with Gasteiger partial charge >= 0.3 is 0 Å². The van der Waals surface area contributed by atoms with E-state index < -0.39 is 0 Å². The zero-order valence-electron chi connectivity index (χ0n) is 10.1. The molecule has 4 rings (SSSR count). The summed E-state index contributed by atoms with van der Waals surface area (Å²) in [7, 11) is 0. The van der Waals surface area contributed by atoms with Crippen LogP contribution in [0.25, 0.3) is 22.3 Å². The molecule has 0 fully saturated rings. The van der Waals surface area contributed by atoms with E-state index in [1.807, 2.05) is 48.8 Å². The van der Waals surface area contributed by atoms with Crippen molar-refractivity contribution in [3.05, 3.63) is 60.9 Å². The monoisotopic (exact) mass is 361 g/mol. The number of aromatic amines is 1. The molecule has 3 heteroatoms. The second-order valence-corrected chi connectivity index (χ2v) is 4.38. The summed E-state index contributed by atoms with van der Waals surface area (Å²) in [5, 5.41) is 0. The van der Waals surface area contributed by atoms with Gasteiger partial charge in [-0.05, 0) is 12.1 Å². The van der Waals surface area contributed by atoms with Crippen molar-refractivity contribution < 1.29 is 4.74 Å². The smallest absolute Gasteiger partial charge is 0.135 e.